The Balaban J connectivity index is 2.31. The second-order valence-electron chi connectivity index (χ2n) is 3.44. The van der Waals surface area contributed by atoms with Crippen molar-refractivity contribution >= 4 is 39.2 Å². The summed E-state index contributed by atoms with van der Waals surface area (Å²) in [6, 6.07) is 4.75. The number of aromatic nitrogens is 2. The molecule has 2 aromatic rings. The van der Waals surface area contributed by atoms with Crippen molar-refractivity contribution in [2.45, 2.75) is 6.92 Å². The van der Waals surface area contributed by atoms with E-state index in [1.807, 2.05) is 6.92 Å². The minimum Gasteiger partial charge on any atom is -0.322 e. The lowest BCUT2D eigenvalue weighted by Gasteiger charge is -2.07. The molecular formula is C11H8BrClFN3. The van der Waals surface area contributed by atoms with E-state index in [9.17, 15) is 4.39 Å². The highest BCUT2D eigenvalue weighted by atomic mass is 79.9. The Bertz CT molecular complexity index is 562. The Morgan fingerprint density at radius 1 is 1.41 bits per heavy atom. The van der Waals surface area contributed by atoms with Gasteiger partial charge in [0.2, 0.25) is 5.95 Å². The summed E-state index contributed by atoms with van der Waals surface area (Å²) >= 11 is 9.00. The zero-order valence-corrected chi connectivity index (χ0v) is 11.2. The molecule has 1 N–H and O–H groups in total. The Labute approximate surface area is 111 Å². The lowest BCUT2D eigenvalue weighted by Crippen LogP contribution is -1.99. The van der Waals surface area contributed by atoms with E-state index in [-0.39, 0.29) is 16.9 Å². The van der Waals surface area contributed by atoms with Crippen LogP contribution in [0.1, 0.15) is 5.56 Å². The van der Waals surface area contributed by atoms with Crippen LogP contribution in [0.25, 0.3) is 0 Å². The molecule has 0 amide bonds. The topological polar surface area (TPSA) is 37.8 Å². The summed E-state index contributed by atoms with van der Waals surface area (Å²) in [5.74, 6) is -0.110. The average molecular weight is 317 g/mol. The fourth-order valence-electron chi connectivity index (χ4n) is 1.26. The third kappa shape index (κ3) is 2.92. The molecule has 6 heteroatoms. The molecule has 0 saturated heterocycles. The average Bonchev–Trinajstić information content (AvgIpc) is 2.29. The molecule has 0 aliphatic carbocycles. The first-order valence-corrected chi connectivity index (χ1v) is 5.94. The molecule has 0 spiro atoms. The van der Waals surface area contributed by atoms with Gasteiger partial charge in [-0.05, 0) is 40.5 Å². The van der Waals surface area contributed by atoms with Crippen molar-refractivity contribution in [3.63, 3.8) is 0 Å². The number of benzene rings is 1. The zero-order chi connectivity index (χ0) is 12.4. The quantitative estimate of drug-likeness (QED) is 0.848. The largest absolute Gasteiger partial charge is 0.322 e. The van der Waals surface area contributed by atoms with Crippen LogP contribution in [0.2, 0.25) is 5.15 Å². The van der Waals surface area contributed by atoms with Gasteiger partial charge in [0.05, 0.1) is 10.2 Å². The molecule has 0 atom stereocenters. The highest BCUT2D eigenvalue weighted by molar-refractivity contribution is 9.10. The lowest BCUT2D eigenvalue weighted by atomic mass is 10.2. The van der Waals surface area contributed by atoms with Gasteiger partial charge in [-0.1, -0.05) is 17.7 Å². The van der Waals surface area contributed by atoms with Gasteiger partial charge in [-0.2, -0.15) is 4.98 Å². The van der Waals surface area contributed by atoms with Gasteiger partial charge in [0.15, 0.2) is 0 Å². The fraction of sp³-hybridized carbons (Fsp3) is 0.0909. The summed E-state index contributed by atoms with van der Waals surface area (Å²) in [6.45, 7) is 1.88. The van der Waals surface area contributed by atoms with Crippen molar-refractivity contribution in [1.29, 1.82) is 0 Å². The van der Waals surface area contributed by atoms with Gasteiger partial charge in [0.25, 0.3) is 0 Å². The van der Waals surface area contributed by atoms with E-state index >= 15 is 0 Å². The van der Waals surface area contributed by atoms with E-state index in [1.54, 1.807) is 12.1 Å². The lowest BCUT2D eigenvalue weighted by molar-refractivity contribution is 0.631. The maximum atomic E-state index is 13.5. The summed E-state index contributed by atoms with van der Waals surface area (Å²) in [4.78, 5) is 7.95. The molecule has 0 saturated carbocycles. The molecule has 88 valence electrons. The van der Waals surface area contributed by atoms with Crippen molar-refractivity contribution in [1.82, 2.24) is 9.97 Å². The van der Waals surface area contributed by atoms with Crippen LogP contribution in [0, 0.1) is 12.7 Å². The number of rotatable bonds is 2. The van der Waals surface area contributed by atoms with E-state index in [0.29, 0.717) is 10.2 Å². The number of anilines is 2. The highest BCUT2D eigenvalue weighted by Gasteiger charge is 2.06. The Morgan fingerprint density at radius 2 is 2.18 bits per heavy atom. The monoisotopic (exact) mass is 315 g/mol. The Morgan fingerprint density at radius 3 is 2.88 bits per heavy atom. The van der Waals surface area contributed by atoms with Gasteiger partial charge in [-0.25, -0.2) is 9.37 Å². The van der Waals surface area contributed by atoms with Crippen molar-refractivity contribution in [3.05, 3.63) is 45.4 Å². The van der Waals surface area contributed by atoms with E-state index in [0.717, 1.165) is 5.56 Å². The van der Waals surface area contributed by atoms with Crippen LogP contribution in [0.4, 0.5) is 16.0 Å². The third-order valence-electron chi connectivity index (χ3n) is 2.07. The SMILES string of the molecule is Cc1ccc(F)c(Nc2ncc(Br)c(Cl)n2)c1. The minimum absolute atomic E-state index is 0.253. The molecule has 0 aliphatic heterocycles. The van der Waals surface area contributed by atoms with Crippen LogP contribution in [-0.4, -0.2) is 9.97 Å². The molecule has 2 rings (SSSR count). The van der Waals surface area contributed by atoms with Gasteiger partial charge in [-0.3, -0.25) is 0 Å². The molecule has 1 aromatic heterocycles. The molecule has 1 aromatic carbocycles. The van der Waals surface area contributed by atoms with Crippen molar-refractivity contribution in [2.24, 2.45) is 0 Å². The molecule has 0 unspecified atom stereocenters. The maximum Gasteiger partial charge on any atom is 0.228 e. The van der Waals surface area contributed by atoms with E-state index in [1.165, 1.54) is 12.3 Å². The highest BCUT2D eigenvalue weighted by Crippen LogP contribution is 2.23. The van der Waals surface area contributed by atoms with E-state index < -0.39 is 0 Å². The molecule has 0 fully saturated rings. The number of hydrogen-bond donors (Lipinski definition) is 1. The van der Waals surface area contributed by atoms with Crippen LogP contribution in [0.5, 0.6) is 0 Å². The first-order valence-electron chi connectivity index (χ1n) is 4.77. The summed E-state index contributed by atoms with van der Waals surface area (Å²) in [5.41, 5.74) is 1.26. The van der Waals surface area contributed by atoms with Gasteiger partial charge in [0, 0.05) is 6.20 Å². The van der Waals surface area contributed by atoms with Crippen LogP contribution >= 0.6 is 27.5 Å². The predicted octanol–water partition coefficient (Wildman–Crippen LogP) is 4.08. The zero-order valence-electron chi connectivity index (χ0n) is 8.84. The van der Waals surface area contributed by atoms with E-state index in [2.05, 4.69) is 31.2 Å². The molecule has 0 bridgehead atoms. The Hall–Kier alpha value is -1.20. The number of nitrogens with zero attached hydrogens (tertiary/aromatic N) is 2. The van der Waals surface area contributed by atoms with Gasteiger partial charge >= 0.3 is 0 Å². The number of halogens is 3. The van der Waals surface area contributed by atoms with Crippen LogP contribution < -0.4 is 5.32 Å². The summed E-state index contributed by atoms with van der Waals surface area (Å²) < 4.78 is 14.1. The molecule has 0 radical (unpaired) electrons. The molecule has 3 nitrogen and oxygen atoms in total. The van der Waals surface area contributed by atoms with Gasteiger partial charge < -0.3 is 5.32 Å². The second kappa shape index (κ2) is 4.98. The maximum absolute atomic E-state index is 13.5. The van der Waals surface area contributed by atoms with Crippen molar-refractivity contribution in [2.75, 3.05) is 5.32 Å². The van der Waals surface area contributed by atoms with Crippen LogP contribution in [0.15, 0.2) is 28.9 Å². The standard InChI is InChI=1S/C11H8BrClFN3/c1-6-2-3-8(14)9(4-6)16-11-15-5-7(12)10(13)17-11/h2-5H,1H3,(H,15,16,17). The Kier molecular flexibility index (Phi) is 3.59. The summed E-state index contributed by atoms with van der Waals surface area (Å²) in [6.07, 6.45) is 1.51. The second-order valence-corrected chi connectivity index (χ2v) is 4.65. The summed E-state index contributed by atoms with van der Waals surface area (Å²) in [7, 11) is 0. The van der Waals surface area contributed by atoms with Crippen LogP contribution in [0.3, 0.4) is 0 Å². The predicted molar refractivity (Wildman–Crippen MR) is 69.2 cm³/mol. The number of aryl methyl sites for hydroxylation is 1. The molecule has 0 aliphatic rings. The van der Waals surface area contributed by atoms with Crippen LogP contribution in [-0.2, 0) is 0 Å². The van der Waals surface area contributed by atoms with Crippen molar-refractivity contribution < 1.29 is 4.39 Å². The summed E-state index contributed by atoms with van der Waals surface area (Å²) in [5, 5.41) is 3.05. The first kappa shape index (κ1) is 12.3. The molecule has 1 heterocycles. The molecular weight excluding hydrogens is 308 g/mol. The van der Waals surface area contributed by atoms with Gasteiger partial charge in [-0.15, -0.1) is 0 Å². The normalized spacial score (nSPS) is 10.4. The number of hydrogen-bond acceptors (Lipinski definition) is 3. The first-order chi connectivity index (χ1) is 8.06. The fourth-order valence-corrected chi connectivity index (χ4v) is 1.58. The molecule has 17 heavy (non-hydrogen) atoms. The smallest absolute Gasteiger partial charge is 0.228 e. The van der Waals surface area contributed by atoms with Crippen molar-refractivity contribution in [3.8, 4) is 0 Å². The number of nitrogens with one attached hydrogen (secondary N) is 1. The van der Waals surface area contributed by atoms with E-state index in [4.69, 9.17) is 11.6 Å². The minimum atomic E-state index is -0.363. The third-order valence-corrected chi connectivity index (χ3v) is 3.17. The van der Waals surface area contributed by atoms with Gasteiger partial charge in [0.1, 0.15) is 11.0 Å².